The third kappa shape index (κ3) is 11.8. The summed E-state index contributed by atoms with van der Waals surface area (Å²) in [6, 6.07) is 39.6. The lowest BCUT2D eigenvalue weighted by Crippen LogP contribution is -2.01. The lowest BCUT2D eigenvalue weighted by atomic mass is 10.1. The number of hydrogen-bond acceptors (Lipinski definition) is 16. The molecule has 0 unspecified atom stereocenters. The summed E-state index contributed by atoms with van der Waals surface area (Å²) < 4.78 is 41.1. The molecule has 408 valence electrons. The van der Waals surface area contributed by atoms with Crippen molar-refractivity contribution in [1.82, 2.24) is 0 Å². The van der Waals surface area contributed by atoms with E-state index in [0.717, 1.165) is 108 Å². The summed E-state index contributed by atoms with van der Waals surface area (Å²) in [5, 5.41) is 11.4. The Hall–Kier alpha value is -8.04. The number of carbonyl (C=O) groups is 4. The summed E-state index contributed by atoms with van der Waals surface area (Å²) in [5.74, 6) is 3.18. The smallest absolute Gasteiger partial charge is 0.434 e. The van der Waals surface area contributed by atoms with Gasteiger partial charge < -0.3 is 37.9 Å². The molecule has 0 N–H and O–H groups in total. The van der Waals surface area contributed by atoms with Gasteiger partial charge in [0.25, 0.3) is 0 Å². The lowest BCUT2D eigenvalue weighted by Gasteiger charge is -2.05. The Bertz CT molecular complexity index is 3400. The largest absolute Gasteiger partial charge is 0.496 e. The van der Waals surface area contributed by atoms with E-state index in [-0.39, 0.29) is 0 Å². The number of rotatable bonds is 8. The Labute approximate surface area is 477 Å². The predicted molar refractivity (Wildman–Crippen MR) is 320 cm³/mol. The van der Waals surface area contributed by atoms with Crippen LogP contribution in [0.5, 0.6) is 23.0 Å². The molecule has 20 heteroatoms. The molecular formula is C60H52N4O12S4. The number of thioether (sulfide) groups is 4. The van der Waals surface area contributed by atoms with Crippen molar-refractivity contribution < 1.29 is 57.1 Å². The Balaban J connectivity index is 0.000000129. The van der Waals surface area contributed by atoms with Crippen LogP contribution in [-0.4, -0.2) is 99.4 Å². The van der Waals surface area contributed by atoms with Crippen molar-refractivity contribution in [3.05, 3.63) is 144 Å². The van der Waals surface area contributed by atoms with Gasteiger partial charge in [0.15, 0.2) is 0 Å². The molecule has 4 aliphatic rings. The highest BCUT2D eigenvalue weighted by Crippen LogP contribution is 2.49. The minimum atomic E-state index is -0.557. The van der Waals surface area contributed by atoms with Crippen LogP contribution in [0.2, 0.25) is 0 Å². The SMILES string of the molecule is CCOC(=O)/N=C1\Sc2c(OC)ccc3cccc1c23.CCOC(=O)/N=C1\Sc2c(OC)ccc3cccc1c23.CCOC(=O)/N=C1\Sc2c(OC)ccc3cccc1c23.CCOC(=O)/N=C1\Sc2c(OC)ccc3cccc1c23. The number of hydrogen-bond donors (Lipinski definition) is 0. The fourth-order valence-corrected chi connectivity index (χ4v) is 13.7. The highest BCUT2D eigenvalue weighted by Gasteiger charge is 2.29. The third-order valence-electron chi connectivity index (χ3n) is 12.3. The molecule has 8 aromatic rings. The van der Waals surface area contributed by atoms with Crippen molar-refractivity contribution in [2.45, 2.75) is 47.3 Å². The normalized spacial score (nSPS) is 14.8. The van der Waals surface area contributed by atoms with Crippen LogP contribution in [0.15, 0.2) is 161 Å². The summed E-state index contributed by atoms with van der Waals surface area (Å²) in [5.41, 5.74) is 3.81. The summed E-state index contributed by atoms with van der Waals surface area (Å²) >= 11 is 5.78. The zero-order chi connectivity index (χ0) is 56.5. The second kappa shape index (κ2) is 25.8. The highest BCUT2D eigenvalue weighted by atomic mass is 32.2. The van der Waals surface area contributed by atoms with E-state index in [1.54, 1.807) is 56.1 Å². The monoisotopic (exact) mass is 1150 g/mol. The fourth-order valence-electron chi connectivity index (χ4n) is 8.96. The zero-order valence-corrected chi connectivity index (χ0v) is 48.0. The average Bonchev–Trinajstić information content (AvgIpc) is 4.30. The second-order valence-corrected chi connectivity index (χ2v) is 20.9. The number of carbonyl (C=O) groups excluding carboxylic acids is 4. The van der Waals surface area contributed by atoms with E-state index < -0.39 is 24.4 Å². The van der Waals surface area contributed by atoms with E-state index >= 15 is 0 Å². The molecule has 8 aromatic carbocycles. The summed E-state index contributed by atoms with van der Waals surface area (Å²) in [6.07, 6.45) is -2.23. The molecule has 0 saturated heterocycles. The molecule has 0 spiro atoms. The van der Waals surface area contributed by atoms with Crippen LogP contribution >= 0.6 is 47.0 Å². The molecule has 0 saturated carbocycles. The Morgan fingerprint density at radius 1 is 0.325 bits per heavy atom. The Morgan fingerprint density at radius 3 is 0.725 bits per heavy atom. The first kappa shape index (κ1) is 56.7. The fraction of sp³-hybridized carbons (Fsp3) is 0.200. The van der Waals surface area contributed by atoms with Crippen LogP contribution in [0.1, 0.15) is 49.9 Å². The maximum atomic E-state index is 11.6. The van der Waals surface area contributed by atoms with Gasteiger partial charge in [0.1, 0.15) is 43.2 Å². The minimum Gasteiger partial charge on any atom is -0.496 e. The van der Waals surface area contributed by atoms with Crippen LogP contribution in [0.4, 0.5) is 19.2 Å². The zero-order valence-electron chi connectivity index (χ0n) is 44.7. The molecule has 4 heterocycles. The van der Waals surface area contributed by atoms with E-state index in [1.165, 1.54) is 47.0 Å². The van der Waals surface area contributed by atoms with E-state index in [2.05, 4.69) is 20.0 Å². The molecule has 0 aromatic heterocycles. The highest BCUT2D eigenvalue weighted by molar-refractivity contribution is 8.16. The Morgan fingerprint density at radius 2 is 0.537 bits per heavy atom. The predicted octanol–water partition coefficient (Wildman–Crippen LogP) is 15.4. The summed E-state index contributed by atoms with van der Waals surface area (Å²) in [7, 11) is 6.56. The lowest BCUT2D eigenvalue weighted by molar-refractivity contribution is 0.162. The molecule has 4 amide bonds. The first-order valence-corrected chi connectivity index (χ1v) is 28.4. The molecular weight excluding hydrogens is 1100 g/mol. The third-order valence-corrected chi connectivity index (χ3v) is 16.7. The minimum absolute atomic E-state index is 0.320. The quantitative estimate of drug-likeness (QED) is 0.130. The van der Waals surface area contributed by atoms with Crippen molar-refractivity contribution in [2.24, 2.45) is 20.0 Å². The molecule has 12 rings (SSSR count). The number of methoxy groups -OCH3 is 4. The van der Waals surface area contributed by atoms with Gasteiger partial charge in [0.05, 0.1) is 74.4 Å². The van der Waals surface area contributed by atoms with Crippen molar-refractivity contribution in [2.75, 3.05) is 54.9 Å². The van der Waals surface area contributed by atoms with Crippen molar-refractivity contribution in [3.8, 4) is 23.0 Å². The molecule has 16 nitrogen and oxygen atoms in total. The van der Waals surface area contributed by atoms with Crippen LogP contribution in [0, 0.1) is 0 Å². The summed E-state index contributed by atoms with van der Waals surface area (Å²) in [6.45, 7) is 8.33. The Kier molecular flexibility index (Phi) is 18.3. The number of amides is 4. The van der Waals surface area contributed by atoms with Gasteiger partial charge in [-0.15, -0.1) is 0 Å². The standard InChI is InChI=1S/4C15H13NO3S/c4*1-3-19-15(17)16-14-10-6-4-5-9-7-8-11(18-2)13(20-14)12(9)10/h4*4-8H,3H2,1-2H3/b4*16-14-. The topological polar surface area (TPSA) is 192 Å². The van der Waals surface area contributed by atoms with E-state index in [1.807, 2.05) is 121 Å². The molecule has 4 aliphatic heterocycles. The van der Waals surface area contributed by atoms with Crippen molar-refractivity contribution >= 4 is 135 Å². The molecule has 80 heavy (non-hydrogen) atoms. The van der Waals surface area contributed by atoms with Gasteiger partial charge in [0.2, 0.25) is 0 Å². The summed E-state index contributed by atoms with van der Waals surface area (Å²) in [4.78, 5) is 66.5. The van der Waals surface area contributed by atoms with Gasteiger partial charge in [-0.2, -0.15) is 20.0 Å². The molecule has 0 aliphatic carbocycles. The average molecular weight is 1150 g/mol. The molecule has 0 radical (unpaired) electrons. The van der Waals surface area contributed by atoms with Crippen LogP contribution in [-0.2, 0) is 18.9 Å². The molecule has 0 fully saturated rings. The van der Waals surface area contributed by atoms with Gasteiger partial charge in [-0.3, -0.25) is 0 Å². The van der Waals surface area contributed by atoms with Gasteiger partial charge in [-0.25, -0.2) is 19.2 Å². The maximum Gasteiger partial charge on any atom is 0.434 e. The number of ether oxygens (including phenoxy) is 8. The van der Waals surface area contributed by atoms with Crippen molar-refractivity contribution in [3.63, 3.8) is 0 Å². The van der Waals surface area contributed by atoms with E-state index in [9.17, 15) is 19.2 Å². The molecule has 0 bridgehead atoms. The maximum absolute atomic E-state index is 11.6. The van der Waals surface area contributed by atoms with Crippen LogP contribution in [0.3, 0.4) is 0 Å². The van der Waals surface area contributed by atoms with E-state index in [0.29, 0.717) is 46.6 Å². The number of benzene rings is 8. The second-order valence-electron chi connectivity index (χ2n) is 16.9. The van der Waals surface area contributed by atoms with Crippen molar-refractivity contribution in [1.29, 1.82) is 0 Å². The van der Waals surface area contributed by atoms with Gasteiger partial charge in [0, 0.05) is 43.8 Å². The first-order chi connectivity index (χ1) is 39.0. The van der Waals surface area contributed by atoms with Crippen LogP contribution in [0.25, 0.3) is 43.1 Å². The number of aliphatic imine (C=N–C) groups is 4. The van der Waals surface area contributed by atoms with Gasteiger partial charge in [-0.1, -0.05) is 144 Å². The van der Waals surface area contributed by atoms with Gasteiger partial charge in [-0.05, 0) is 73.5 Å². The van der Waals surface area contributed by atoms with Crippen LogP contribution < -0.4 is 18.9 Å². The first-order valence-electron chi connectivity index (χ1n) is 25.1. The number of nitrogens with zero attached hydrogens (tertiary/aromatic N) is 4. The molecule has 0 atom stereocenters. The van der Waals surface area contributed by atoms with Gasteiger partial charge >= 0.3 is 24.4 Å². The van der Waals surface area contributed by atoms with E-state index in [4.69, 9.17) is 37.9 Å².